The second-order valence-corrected chi connectivity index (χ2v) is 16.1. The van der Waals surface area contributed by atoms with Gasteiger partial charge < -0.3 is 15.1 Å². The van der Waals surface area contributed by atoms with E-state index in [4.69, 9.17) is 17.5 Å². The highest BCUT2D eigenvalue weighted by Gasteiger charge is 2.53. The van der Waals surface area contributed by atoms with Crippen molar-refractivity contribution in [2.24, 2.45) is 5.92 Å². The summed E-state index contributed by atoms with van der Waals surface area (Å²) in [5.74, 6) is -2.26. The quantitative estimate of drug-likeness (QED) is 0.176. The van der Waals surface area contributed by atoms with Crippen LogP contribution in [0.5, 0.6) is 0 Å². The summed E-state index contributed by atoms with van der Waals surface area (Å²) in [7, 11) is 0. The number of halogens is 7. The Morgan fingerprint density at radius 1 is 1.05 bits per heavy atom. The Kier molecular flexibility index (Phi) is 13.9. The number of pyridine rings is 2. The smallest absolute Gasteiger partial charge is 0.331 e. The van der Waals surface area contributed by atoms with E-state index in [1.54, 1.807) is 29.7 Å². The van der Waals surface area contributed by atoms with Crippen LogP contribution in [-0.2, 0) is 25.4 Å². The maximum absolute atomic E-state index is 14.3. The number of hydrogen-bond acceptors (Lipinski definition) is 10. The lowest BCUT2D eigenvalue weighted by Gasteiger charge is -2.42. The summed E-state index contributed by atoms with van der Waals surface area (Å²) >= 11 is 5.67. The molecule has 0 aromatic carbocycles. The number of imide groups is 1. The molecule has 3 aliphatic heterocycles. The van der Waals surface area contributed by atoms with Gasteiger partial charge in [-0.25, -0.2) is 9.97 Å². The maximum Gasteiger partial charge on any atom is 0.419 e. The summed E-state index contributed by atoms with van der Waals surface area (Å²) in [4.78, 5) is 63.7. The second-order valence-electron chi connectivity index (χ2n) is 15.7. The molecular formula is C38H44ClF6N9O4S. The molecule has 0 radical (unpaired) electrons. The number of carbonyl (C=O) groups is 4. The third-order valence-electron chi connectivity index (χ3n) is 11.5. The van der Waals surface area contributed by atoms with Gasteiger partial charge >= 0.3 is 12.4 Å². The monoisotopic (exact) mass is 871 g/mol. The van der Waals surface area contributed by atoms with Crippen LogP contribution < -0.4 is 15.5 Å². The van der Waals surface area contributed by atoms with E-state index < -0.39 is 65.4 Å². The molecule has 21 heteroatoms. The second kappa shape index (κ2) is 18.0. The number of nitriles is 1. The molecule has 2 N–H and O–H groups in total. The van der Waals surface area contributed by atoms with Crippen LogP contribution >= 0.6 is 24.6 Å². The average molecular weight is 872 g/mol. The van der Waals surface area contributed by atoms with Crippen LogP contribution in [0.3, 0.4) is 0 Å². The molecule has 3 saturated heterocycles. The predicted molar refractivity (Wildman–Crippen MR) is 208 cm³/mol. The number of amides is 4. The summed E-state index contributed by atoms with van der Waals surface area (Å²) in [6.07, 6.45) is -2.31. The summed E-state index contributed by atoms with van der Waals surface area (Å²) in [6.45, 7) is 3.32. The molecule has 0 bridgehead atoms. The van der Waals surface area contributed by atoms with Gasteiger partial charge in [-0.15, -0.1) is 12.4 Å². The van der Waals surface area contributed by atoms with E-state index in [0.717, 1.165) is 35.3 Å². The van der Waals surface area contributed by atoms with E-state index in [1.807, 2.05) is 0 Å². The fourth-order valence-electron chi connectivity index (χ4n) is 8.52. The van der Waals surface area contributed by atoms with E-state index in [2.05, 4.69) is 20.6 Å². The zero-order chi connectivity index (χ0) is 42.2. The van der Waals surface area contributed by atoms with Crippen molar-refractivity contribution in [1.29, 1.82) is 5.26 Å². The Bertz CT molecular complexity index is 1990. The van der Waals surface area contributed by atoms with Crippen LogP contribution in [-0.4, -0.2) is 110 Å². The number of rotatable bonds is 10. The minimum atomic E-state index is -4.87. The lowest BCUT2D eigenvalue weighted by Crippen LogP contribution is -2.60. The van der Waals surface area contributed by atoms with Crippen LogP contribution in [0.15, 0.2) is 30.6 Å². The lowest BCUT2D eigenvalue weighted by molar-refractivity contribution is -0.197. The Balaban J connectivity index is 0.00000661. The van der Waals surface area contributed by atoms with Gasteiger partial charge in [0.2, 0.25) is 17.7 Å². The Hall–Kier alpha value is -4.45. The van der Waals surface area contributed by atoms with Crippen LogP contribution in [0.25, 0.3) is 0 Å². The van der Waals surface area contributed by atoms with Crippen molar-refractivity contribution in [2.45, 2.75) is 101 Å². The lowest BCUT2D eigenvalue weighted by atomic mass is 9.82. The van der Waals surface area contributed by atoms with Crippen LogP contribution in [0.1, 0.15) is 88.0 Å². The van der Waals surface area contributed by atoms with Crippen molar-refractivity contribution in [1.82, 2.24) is 30.0 Å². The van der Waals surface area contributed by atoms with Crippen molar-refractivity contribution < 1.29 is 45.5 Å². The van der Waals surface area contributed by atoms with Crippen molar-refractivity contribution in [3.63, 3.8) is 0 Å². The van der Waals surface area contributed by atoms with E-state index in [-0.39, 0.29) is 66.4 Å². The summed E-state index contributed by atoms with van der Waals surface area (Å²) in [5.41, 5.74) is -2.87. The van der Waals surface area contributed by atoms with E-state index in [0.29, 0.717) is 50.4 Å². The molecule has 0 spiro atoms. The van der Waals surface area contributed by atoms with Gasteiger partial charge in [-0.05, 0) is 107 Å². The maximum atomic E-state index is 14.3. The van der Waals surface area contributed by atoms with Crippen molar-refractivity contribution >= 4 is 64.9 Å². The molecule has 13 nitrogen and oxygen atoms in total. The van der Waals surface area contributed by atoms with Gasteiger partial charge in [0.05, 0.1) is 29.9 Å². The molecule has 6 rings (SSSR count). The number of nitrogens with one attached hydrogen (secondary N) is 2. The minimum Gasteiger partial charge on any atom is -0.331 e. The van der Waals surface area contributed by atoms with Crippen molar-refractivity contribution in [3.8, 4) is 6.07 Å². The Morgan fingerprint density at radius 3 is 2.41 bits per heavy atom. The molecule has 1 unspecified atom stereocenters. The molecule has 1 aliphatic carbocycles. The average Bonchev–Trinajstić information content (AvgIpc) is 3.33. The molecule has 4 aliphatic rings. The molecule has 2 aromatic heterocycles. The number of anilines is 2. The van der Waals surface area contributed by atoms with Crippen LogP contribution in [0.2, 0.25) is 0 Å². The number of nitrogens with zero attached hydrogens (tertiary/aromatic N) is 7. The van der Waals surface area contributed by atoms with Gasteiger partial charge in [-0.1, -0.05) is 0 Å². The fourth-order valence-corrected chi connectivity index (χ4v) is 9.08. The first-order valence-corrected chi connectivity index (χ1v) is 19.5. The summed E-state index contributed by atoms with van der Waals surface area (Å²) in [5, 5.41) is 14.0. The number of carbonyl (C=O) groups excluding carboxylic acids is 4. The molecular weight excluding hydrogens is 828 g/mol. The molecule has 4 amide bonds. The molecule has 320 valence electrons. The van der Waals surface area contributed by atoms with Crippen molar-refractivity contribution in [3.05, 3.63) is 47.4 Å². The third-order valence-corrected chi connectivity index (χ3v) is 11.9. The minimum absolute atomic E-state index is 0. The normalized spacial score (nSPS) is 24.4. The van der Waals surface area contributed by atoms with Gasteiger partial charge in [-0.2, -0.15) is 31.6 Å². The number of thiocarbonyl (C=S) groups is 1. The molecule has 5 heterocycles. The Labute approximate surface area is 348 Å². The molecule has 59 heavy (non-hydrogen) atoms. The molecule has 4 fully saturated rings. The zero-order valence-electron chi connectivity index (χ0n) is 32.2. The van der Waals surface area contributed by atoms with E-state index in [1.165, 1.54) is 18.3 Å². The first-order chi connectivity index (χ1) is 27.3. The highest BCUT2D eigenvalue weighted by Crippen LogP contribution is 2.41. The summed E-state index contributed by atoms with van der Waals surface area (Å²) < 4.78 is 83.9. The topological polar surface area (TPSA) is 155 Å². The fraction of sp³-hybridized carbons (Fsp3) is 0.579. The number of aromatic nitrogens is 2. The zero-order valence-corrected chi connectivity index (χ0v) is 33.9. The van der Waals surface area contributed by atoms with Crippen LogP contribution in [0.4, 0.5) is 37.8 Å². The Morgan fingerprint density at radius 2 is 1.76 bits per heavy atom. The van der Waals surface area contributed by atoms with Gasteiger partial charge in [-0.3, -0.25) is 34.3 Å². The highest BCUT2D eigenvalue weighted by atomic mass is 35.5. The molecule has 2 atom stereocenters. The number of hydrogen-bond donors (Lipinski definition) is 2. The largest absolute Gasteiger partial charge is 0.419 e. The third kappa shape index (κ3) is 10.1. The van der Waals surface area contributed by atoms with Gasteiger partial charge in [0.25, 0.3) is 5.91 Å². The molecule has 1 saturated carbocycles. The van der Waals surface area contributed by atoms with E-state index >= 15 is 0 Å². The number of piperazine rings is 1. The van der Waals surface area contributed by atoms with Crippen LogP contribution in [0, 0.1) is 17.2 Å². The van der Waals surface area contributed by atoms with Gasteiger partial charge in [0.1, 0.15) is 23.5 Å². The standard InChI is InChI=1S/C38H43F6N9O4S.ClH/c1-36(2)34(57)52(25-17-27(37(39,40)41)28(18-45)47-19-25)35(58)53(36)24-7-5-22(6-8-24)4-3-13-50-14-15-51(29(20-50)38(42,43)44)21-32(55)48-30-16-23(11-12-46-30)26-9-10-31(54)49-33(26)56;/h11-12,16-17,19,22,24,26,29H,3-10,13-15,20-21H2,1-2H3,(H,46,48,55)(H,49,54,56);1H/t22?,24?,26?,29-;/m1./s1. The number of piperidine rings is 1. The molecule has 2 aromatic rings. The van der Waals surface area contributed by atoms with Crippen molar-refractivity contribution in [2.75, 3.05) is 42.9 Å². The number of alkyl halides is 6. The highest BCUT2D eigenvalue weighted by molar-refractivity contribution is 7.80. The van der Waals surface area contributed by atoms with E-state index in [9.17, 15) is 45.5 Å². The summed E-state index contributed by atoms with van der Waals surface area (Å²) in [6, 6.07) is 3.19. The van der Waals surface area contributed by atoms with Gasteiger partial charge in [0, 0.05) is 38.3 Å². The first kappa shape index (κ1) is 45.6. The first-order valence-electron chi connectivity index (χ1n) is 19.1. The SMILES string of the molecule is CC1(C)C(=O)N(c2cnc(C#N)c(C(F)(F)F)c2)C(=S)N1C1CCC(CCCN2CCN(CC(=O)Nc3cc(C4CCC(=O)NC4=O)ccn3)[C@@H](C(F)(F)F)C2)CC1.Cl. The predicted octanol–water partition coefficient (Wildman–Crippen LogP) is 5.55. The van der Waals surface area contributed by atoms with Gasteiger partial charge in [0.15, 0.2) is 10.8 Å².